The fourth-order valence-electron chi connectivity index (χ4n) is 3.32. The molecule has 4 rings (SSSR count). The molecule has 0 spiro atoms. The van der Waals surface area contributed by atoms with Crippen molar-refractivity contribution < 1.29 is 22.7 Å². The van der Waals surface area contributed by atoms with Crippen molar-refractivity contribution >= 4 is 16.8 Å². The molecule has 1 amide bonds. The van der Waals surface area contributed by atoms with Crippen LogP contribution in [-0.4, -0.2) is 33.6 Å². The molecule has 0 saturated heterocycles. The van der Waals surface area contributed by atoms with Gasteiger partial charge < -0.3 is 15.0 Å². The first-order chi connectivity index (χ1) is 13.8. The van der Waals surface area contributed by atoms with E-state index in [1.807, 2.05) is 24.4 Å². The molecular weight excluding hydrogens is 385 g/mol. The SMILES string of the molecule is CC(NC(=O)[C@@H]1C[C@H]1c1ccc2cc[nH]c2c1)c1cnc(OCC(F)(F)F)cn1. The third-order valence-electron chi connectivity index (χ3n) is 4.97. The monoisotopic (exact) mass is 404 g/mol. The van der Waals surface area contributed by atoms with Gasteiger partial charge >= 0.3 is 6.18 Å². The Morgan fingerprint density at radius 2 is 2.14 bits per heavy atom. The quantitative estimate of drug-likeness (QED) is 0.654. The number of aromatic amines is 1. The largest absolute Gasteiger partial charge is 0.467 e. The van der Waals surface area contributed by atoms with E-state index in [1.165, 1.54) is 6.20 Å². The predicted octanol–water partition coefficient (Wildman–Crippen LogP) is 3.88. The molecule has 152 valence electrons. The van der Waals surface area contributed by atoms with Crippen LogP contribution in [0.1, 0.15) is 36.6 Å². The Labute approximate surface area is 164 Å². The summed E-state index contributed by atoms with van der Waals surface area (Å²) in [7, 11) is 0. The van der Waals surface area contributed by atoms with Gasteiger partial charge in [0.1, 0.15) is 0 Å². The zero-order chi connectivity index (χ0) is 20.6. The summed E-state index contributed by atoms with van der Waals surface area (Å²) >= 11 is 0. The van der Waals surface area contributed by atoms with Gasteiger partial charge in [-0.2, -0.15) is 13.2 Å². The van der Waals surface area contributed by atoms with E-state index in [0.29, 0.717) is 5.69 Å². The topological polar surface area (TPSA) is 79.9 Å². The van der Waals surface area contributed by atoms with Crippen LogP contribution in [0.15, 0.2) is 42.9 Å². The molecule has 0 bridgehead atoms. The van der Waals surface area contributed by atoms with Crippen LogP contribution in [0.4, 0.5) is 13.2 Å². The Kier molecular flexibility index (Phi) is 4.89. The molecule has 1 aliphatic rings. The number of hydrogen-bond donors (Lipinski definition) is 2. The molecule has 3 atom stereocenters. The van der Waals surface area contributed by atoms with E-state index in [0.717, 1.165) is 29.1 Å². The molecule has 1 aromatic carbocycles. The van der Waals surface area contributed by atoms with E-state index < -0.39 is 18.8 Å². The average Bonchev–Trinajstić information content (AvgIpc) is 3.36. The number of H-pyrrole nitrogens is 1. The number of fused-ring (bicyclic) bond motifs is 1. The van der Waals surface area contributed by atoms with Crippen molar-refractivity contribution in [1.82, 2.24) is 20.3 Å². The highest BCUT2D eigenvalue weighted by molar-refractivity contribution is 5.84. The van der Waals surface area contributed by atoms with Gasteiger partial charge in [0.15, 0.2) is 6.61 Å². The lowest BCUT2D eigenvalue weighted by molar-refractivity contribution is -0.154. The number of hydrogen-bond acceptors (Lipinski definition) is 4. The average molecular weight is 404 g/mol. The number of ether oxygens (including phenoxy) is 1. The van der Waals surface area contributed by atoms with E-state index in [1.54, 1.807) is 6.92 Å². The van der Waals surface area contributed by atoms with Gasteiger partial charge in [-0.3, -0.25) is 9.78 Å². The van der Waals surface area contributed by atoms with Gasteiger partial charge in [-0.25, -0.2) is 4.98 Å². The number of carbonyl (C=O) groups excluding carboxylic acids is 1. The molecule has 0 aliphatic heterocycles. The Morgan fingerprint density at radius 1 is 1.31 bits per heavy atom. The van der Waals surface area contributed by atoms with Crippen molar-refractivity contribution in [1.29, 1.82) is 0 Å². The van der Waals surface area contributed by atoms with Crippen molar-refractivity contribution in [3.8, 4) is 5.88 Å². The van der Waals surface area contributed by atoms with Crippen molar-refractivity contribution in [3.05, 3.63) is 54.1 Å². The first-order valence-corrected chi connectivity index (χ1v) is 9.19. The van der Waals surface area contributed by atoms with E-state index in [9.17, 15) is 18.0 Å². The van der Waals surface area contributed by atoms with E-state index >= 15 is 0 Å². The van der Waals surface area contributed by atoms with Crippen LogP contribution in [0.25, 0.3) is 10.9 Å². The van der Waals surface area contributed by atoms with Crippen LogP contribution in [0.2, 0.25) is 0 Å². The van der Waals surface area contributed by atoms with Gasteiger partial charge in [0.2, 0.25) is 11.8 Å². The molecule has 29 heavy (non-hydrogen) atoms. The highest BCUT2D eigenvalue weighted by Crippen LogP contribution is 2.48. The Morgan fingerprint density at radius 3 is 2.86 bits per heavy atom. The summed E-state index contributed by atoms with van der Waals surface area (Å²) in [5, 5.41) is 4.03. The van der Waals surface area contributed by atoms with Crippen LogP contribution >= 0.6 is 0 Å². The number of amides is 1. The van der Waals surface area contributed by atoms with Crippen LogP contribution < -0.4 is 10.1 Å². The first-order valence-electron chi connectivity index (χ1n) is 9.19. The van der Waals surface area contributed by atoms with Crippen molar-refractivity contribution in [2.75, 3.05) is 6.61 Å². The lowest BCUT2D eigenvalue weighted by Gasteiger charge is -2.14. The molecule has 9 heteroatoms. The maximum atomic E-state index is 12.5. The third-order valence-corrected chi connectivity index (χ3v) is 4.97. The zero-order valence-corrected chi connectivity index (χ0v) is 15.5. The van der Waals surface area contributed by atoms with Crippen LogP contribution in [0.3, 0.4) is 0 Å². The minimum atomic E-state index is -4.44. The zero-order valence-electron chi connectivity index (χ0n) is 15.5. The van der Waals surface area contributed by atoms with Gasteiger partial charge in [0, 0.05) is 17.6 Å². The van der Waals surface area contributed by atoms with Crippen molar-refractivity contribution in [2.24, 2.45) is 5.92 Å². The molecule has 2 N–H and O–H groups in total. The number of nitrogens with zero attached hydrogens (tertiary/aromatic N) is 2. The Balaban J connectivity index is 1.32. The number of aromatic nitrogens is 3. The summed E-state index contributed by atoms with van der Waals surface area (Å²) in [6.07, 6.45) is 0.650. The van der Waals surface area contributed by atoms with Gasteiger partial charge in [0.25, 0.3) is 0 Å². The lowest BCUT2D eigenvalue weighted by Crippen LogP contribution is -2.29. The second kappa shape index (κ2) is 7.38. The summed E-state index contributed by atoms with van der Waals surface area (Å²) in [5.74, 6) is -0.216. The summed E-state index contributed by atoms with van der Waals surface area (Å²) < 4.78 is 41.0. The molecule has 6 nitrogen and oxygen atoms in total. The molecule has 3 aromatic rings. The van der Waals surface area contributed by atoms with Gasteiger partial charge in [0.05, 0.1) is 24.1 Å². The number of alkyl halides is 3. The molecule has 1 saturated carbocycles. The summed E-state index contributed by atoms with van der Waals surface area (Å²) in [4.78, 5) is 23.6. The van der Waals surface area contributed by atoms with Crippen molar-refractivity contribution in [3.63, 3.8) is 0 Å². The maximum absolute atomic E-state index is 12.5. The highest BCUT2D eigenvalue weighted by atomic mass is 19.4. The van der Waals surface area contributed by atoms with E-state index in [2.05, 4.69) is 31.1 Å². The third kappa shape index (κ3) is 4.49. The van der Waals surface area contributed by atoms with E-state index in [-0.39, 0.29) is 23.6 Å². The predicted molar refractivity (Wildman–Crippen MR) is 99.3 cm³/mol. The second-order valence-electron chi connectivity index (χ2n) is 7.19. The van der Waals surface area contributed by atoms with Crippen LogP contribution in [-0.2, 0) is 4.79 Å². The normalized spacial score (nSPS) is 19.7. The number of halogens is 3. The summed E-state index contributed by atoms with van der Waals surface area (Å²) in [5.41, 5.74) is 2.62. The molecule has 2 heterocycles. The van der Waals surface area contributed by atoms with E-state index in [4.69, 9.17) is 0 Å². The number of rotatable bonds is 6. The van der Waals surface area contributed by atoms with Gasteiger partial charge in [-0.15, -0.1) is 0 Å². The smallest absolute Gasteiger partial charge is 0.422 e. The Bertz CT molecular complexity index is 1020. The summed E-state index contributed by atoms with van der Waals surface area (Å²) in [6, 6.07) is 7.73. The van der Waals surface area contributed by atoms with Crippen LogP contribution in [0.5, 0.6) is 5.88 Å². The number of carbonyl (C=O) groups is 1. The second-order valence-corrected chi connectivity index (χ2v) is 7.19. The fraction of sp³-hybridized carbons (Fsp3) is 0.350. The maximum Gasteiger partial charge on any atom is 0.422 e. The minimum Gasteiger partial charge on any atom is -0.467 e. The number of nitrogens with one attached hydrogen (secondary N) is 2. The molecular formula is C20H19F3N4O2. The molecule has 1 unspecified atom stereocenters. The van der Waals surface area contributed by atoms with Gasteiger partial charge in [-0.1, -0.05) is 12.1 Å². The highest BCUT2D eigenvalue weighted by Gasteiger charge is 2.44. The first kappa shape index (κ1) is 19.2. The lowest BCUT2D eigenvalue weighted by atomic mass is 10.1. The van der Waals surface area contributed by atoms with Gasteiger partial charge in [-0.05, 0) is 42.3 Å². The minimum absolute atomic E-state index is 0.0757. The fourth-order valence-corrected chi connectivity index (χ4v) is 3.32. The standard InChI is InChI=1S/C20H19F3N4O2/c1-11(17-8-26-18(9-25-17)29-10-20(21,22)23)27-19(28)15-7-14(15)13-3-2-12-4-5-24-16(12)6-13/h2-6,8-9,11,14-15,24H,7,10H2,1H3,(H,27,28)/t11?,14-,15+/m0/s1. The van der Waals surface area contributed by atoms with Crippen molar-refractivity contribution in [2.45, 2.75) is 31.5 Å². The molecule has 1 aliphatic carbocycles. The summed E-state index contributed by atoms with van der Waals surface area (Å²) in [6.45, 7) is 0.325. The van der Waals surface area contributed by atoms with Crippen LogP contribution in [0, 0.1) is 5.92 Å². The Hall–Kier alpha value is -3.10. The molecule has 2 aromatic heterocycles. The number of benzene rings is 1. The molecule has 0 radical (unpaired) electrons. The molecule has 1 fully saturated rings.